The molecule has 1 fully saturated rings. The average molecular weight is 313 g/mol. The van der Waals surface area contributed by atoms with Crippen molar-refractivity contribution in [2.24, 2.45) is 0 Å². The first-order valence-corrected chi connectivity index (χ1v) is 8.13. The van der Waals surface area contributed by atoms with Gasteiger partial charge in [-0.1, -0.05) is 30.3 Å². The normalized spacial score (nSPS) is 22.9. The third-order valence-corrected chi connectivity index (χ3v) is 4.54. The summed E-state index contributed by atoms with van der Waals surface area (Å²) in [6.07, 6.45) is 2.71. The van der Waals surface area contributed by atoms with Crippen LogP contribution >= 0.6 is 0 Å². The molecule has 2 aliphatic heterocycles. The second kappa shape index (κ2) is 5.68. The number of ether oxygens (including phenoxy) is 1. The molecule has 2 aliphatic rings. The summed E-state index contributed by atoms with van der Waals surface area (Å²) < 4.78 is 11.0. The van der Waals surface area contributed by atoms with Crippen LogP contribution in [0.3, 0.4) is 0 Å². The number of aryl methyl sites for hydroxylation is 1. The zero-order valence-corrected chi connectivity index (χ0v) is 13.1. The zero-order chi connectivity index (χ0) is 15.8. The molecule has 2 unspecified atom stereocenters. The van der Waals surface area contributed by atoms with Crippen molar-refractivity contribution in [3.05, 3.63) is 41.5 Å². The molecule has 0 saturated carbocycles. The maximum atomic E-state index is 12.9. The number of para-hydroxylation sites is 1. The van der Waals surface area contributed by atoms with Crippen molar-refractivity contribution in [3.63, 3.8) is 0 Å². The van der Waals surface area contributed by atoms with Crippen LogP contribution in [0.1, 0.15) is 43.1 Å². The van der Waals surface area contributed by atoms with Gasteiger partial charge in [0, 0.05) is 19.4 Å². The molecule has 0 spiro atoms. The summed E-state index contributed by atoms with van der Waals surface area (Å²) in [6, 6.07) is 7.72. The highest BCUT2D eigenvalue weighted by atomic mass is 16.5. The van der Waals surface area contributed by atoms with Crippen molar-refractivity contribution in [1.29, 1.82) is 0 Å². The largest absolute Gasteiger partial charge is 0.480 e. The van der Waals surface area contributed by atoms with Gasteiger partial charge in [0.1, 0.15) is 5.75 Å². The predicted molar refractivity (Wildman–Crippen MR) is 81.9 cm³/mol. The van der Waals surface area contributed by atoms with Crippen molar-refractivity contribution in [2.75, 3.05) is 6.54 Å². The number of likely N-dealkylation sites (tertiary alicyclic amines) is 1. The van der Waals surface area contributed by atoms with E-state index in [4.69, 9.17) is 9.26 Å². The number of carbonyl (C=O) groups excluding carboxylic acids is 1. The van der Waals surface area contributed by atoms with Crippen molar-refractivity contribution >= 4 is 5.91 Å². The Kier molecular flexibility index (Phi) is 3.52. The summed E-state index contributed by atoms with van der Waals surface area (Å²) in [4.78, 5) is 19.1. The highest BCUT2D eigenvalue weighted by Crippen LogP contribution is 2.34. The van der Waals surface area contributed by atoms with Gasteiger partial charge in [-0.3, -0.25) is 4.79 Å². The molecule has 0 N–H and O–H groups in total. The number of carbonyl (C=O) groups is 1. The number of benzene rings is 1. The van der Waals surface area contributed by atoms with Crippen LogP contribution in [-0.2, 0) is 17.6 Å². The number of aromatic nitrogens is 2. The van der Waals surface area contributed by atoms with Crippen LogP contribution in [0.5, 0.6) is 5.75 Å². The Morgan fingerprint density at radius 1 is 1.39 bits per heavy atom. The molecule has 23 heavy (non-hydrogen) atoms. The van der Waals surface area contributed by atoms with Gasteiger partial charge in [0.25, 0.3) is 5.91 Å². The van der Waals surface area contributed by atoms with Crippen LogP contribution in [0, 0.1) is 0 Å². The molecule has 6 heteroatoms. The standard InChI is InChI=1S/C17H19N3O3/c1-2-15-18-16(19-23-15)12-7-5-9-20(12)17(21)14-10-11-6-3-4-8-13(11)22-14/h3-4,6,8,12,14H,2,5,7,9-10H2,1H3. The van der Waals surface area contributed by atoms with Gasteiger partial charge >= 0.3 is 0 Å². The van der Waals surface area contributed by atoms with E-state index in [1.807, 2.05) is 36.1 Å². The molecule has 0 radical (unpaired) electrons. The molecular formula is C17H19N3O3. The lowest BCUT2D eigenvalue weighted by Gasteiger charge is -2.25. The molecule has 2 atom stereocenters. The van der Waals surface area contributed by atoms with Gasteiger partial charge in [-0.2, -0.15) is 4.98 Å². The predicted octanol–water partition coefficient (Wildman–Crippen LogP) is 2.30. The highest BCUT2D eigenvalue weighted by molar-refractivity contribution is 5.83. The molecule has 1 saturated heterocycles. The monoisotopic (exact) mass is 313 g/mol. The van der Waals surface area contributed by atoms with Crippen molar-refractivity contribution in [3.8, 4) is 5.75 Å². The van der Waals surface area contributed by atoms with Gasteiger partial charge in [-0.05, 0) is 24.5 Å². The van der Waals surface area contributed by atoms with Crippen LogP contribution in [0.15, 0.2) is 28.8 Å². The highest BCUT2D eigenvalue weighted by Gasteiger charge is 2.39. The van der Waals surface area contributed by atoms with Crippen LogP contribution < -0.4 is 4.74 Å². The molecule has 2 aromatic rings. The SMILES string of the molecule is CCc1nc(C2CCCN2C(=O)C2Cc3ccccc3O2)no1. The summed E-state index contributed by atoms with van der Waals surface area (Å²) in [5, 5.41) is 4.05. The van der Waals surface area contributed by atoms with Crippen molar-refractivity contribution < 1.29 is 14.1 Å². The second-order valence-corrected chi connectivity index (χ2v) is 6.01. The number of fused-ring (bicyclic) bond motifs is 1. The van der Waals surface area contributed by atoms with E-state index in [1.165, 1.54) is 0 Å². The summed E-state index contributed by atoms with van der Waals surface area (Å²) in [5.74, 6) is 2.06. The Morgan fingerprint density at radius 3 is 3.04 bits per heavy atom. The smallest absolute Gasteiger partial charge is 0.264 e. The van der Waals surface area contributed by atoms with E-state index in [2.05, 4.69) is 10.1 Å². The Hall–Kier alpha value is -2.37. The van der Waals surface area contributed by atoms with Gasteiger partial charge in [0.2, 0.25) is 5.89 Å². The summed E-state index contributed by atoms with van der Waals surface area (Å²) in [5.41, 5.74) is 1.09. The summed E-state index contributed by atoms with van der Waals surface area (Å²) in [6.45, 7) is 2.69. The minimum absolute atomic E-state index is 0.0200. The number of nitrogens with zero attached hydrogens (tertiary/aromatic N) is 3. The Labute approximate surface area is 134 Å². The van der Waals surface area contributed by atoms with E-state index in [0.29, 0.717) is 24.6 Å². The first kappa shape index (κ1) is 14.2. The topological polar surface area (TPSA) is 68.5 Å². The zero-order valence-electron chi connectivity index (χ0n) is 13.1. The summed E-state index contributed by atoms with van der Waals surface area (Å²) >= 11 is 0. The molecule has 6 nitrogen and oxygen atoms in total. The van der Waals surface area contributed by atoms with Gasteiger partial charge in [-0.15, -0.1) is 0 Å². The summed E-state index contributed by atoms with van der Waals surface area (Å²) in [7, 11) is 0. The van der Waals surface area contributed by atoms with Crippen LogP contribution in [-0.4, -0.2) is 33.6 Å². The average Bonchev–Trinajstić information content (AvgIpc) is 3.30. The van der Waals surface area contributed by atoms with Gasteiger partial charge < -0.3 is 14.2 Å². The fourth-order valence-corrected chi connectivity index (χ4v) is 3.35. The van der Waals surface area contributed by atoms with Crippen LogP contribution in [0.2, 0.25) is 0 Å². The lowest BCUT2D eigenvalue weighted by Crippen LogP contribution is -2.41. The fraction of sp³-hybridized carbons (Fsp3) is 0.471. The number of rotatable bonds is 3. The lowest BCUT2D eigenvalue weighted by molar-refractivity contribution is -0.139. The molecule has 1 amide bonds. The maximum Gasteiger partial charge on any atom is 0.264 e. The Morgan fingerprint density at radius 2 is 2.26 bits per heavy atom. The third kappa shape index (κ3) is 2.48. The van der Waals surface area contributed by atoms with E-state index < -0.39 is 6.10 Å². The fourth-order valence-electron chi connectivity index (χ4n) is 3.35. The third-order valence-electron chi connectivity index (χ3n) is 4.54. The lowest BCUT2D eigenvalue weighted by atomic mass is 10.1. The second-order valence-electron chi connectivity index (χ2n) is 6.01. The Balaban J connectivity index is 1.52. The maximum absolute atomic E-state index is 12.9. The minimum Gasteiger partial charge on any atom is -0.480 e. The first-order valence-electron chi connectivity index (χ1n) is 8.13. The van der Waals surface area contributed by atoms with Crippen molar-refractivity contribution in [2.45, 2.75) is 44.8 Å². The quantitative estimate of drug-likeness (QED) is 0.869. The van der Waals surface area contributed by atoms with Gasteiger partial charge in [0.15, 0.2) is 11.9 Å². The van der Waals surface area contributed by atoms with E-state index in [1.54, 1.807) is 0 Å². The number of hydrogen-bond donors (Lipinski definition) is 0. The van der Waals surface area contributed by atoms with E-state index in [9.17, 15) is 4.79 Å². The van der Waals surface area contributed by atoms with Crippen LogP contribution in [0.25, 0.3) is 0 Å². The van der Waals surface area contributed by atoms with E-state index >= 15 is 0 Å². The van der Waals surface area contributed by atoms with E-state index in [-0.39, 0.29) is 11.9 Å². The van der Waals surface area contributed by atoms with E-state index in [0.717, 1.165) is 30.7 Å². The van der Waals surface area contributed by atoms with Crippen molar-refractivity contribution in [1.82, 2.24) is 15.0 Å². The number of amides is 1. The molecule has 120 valence electrons. The molecule has 1 aromatic carbocycles. The molecular weight excluding hydrogens is 294 g/mol. The molecule has 4 rings (SSSR count). The Bertz CT molecular complexity index is 702. The molecule has 1 aromatic heterocycles. The van der Waals surface area contributed by atoms with Gasteiger partial charge in [0.05, 0.1) is 6.04 Å². The molecule has 0 bridgehead atoms. The minimum atomic E-state index is -0.439. The van der Waals surface area contributed by atoms with Crippen LogP contribution in [0.4, 0.5) is 0 Å². The molecule has 3 heterocycles. The van der Waals surface area contributed by atoms with Gasteiger partial charge in [-0.25, -0.2) is 0 Å². The molecule has 0 aliphatic carbocycles. The number of hydrogen-bond acceptors (Lipinski definition) is 5. The first-order chi connectivity index (χ1) is 11.3.